The van der Waals surface area contributed by atoms with Crippen molar-refractivity contribution in [3.05, 3.63) is 68.4 Å². The average molecular weight is 438 g/mol. The molecule has 0 aliphatic rings. The van der Waals surface area contributed by atoms with Gasteiger partial charge in [0.05, 0.1) is 5.69 Å². The fourth-order valence-electron chi connectivity index (χ4n) is 1.91. The van der Waals surface area contributed by atoms with Crippen LogP contribution in [0.2, 0.25) is 0 Å². The molecule has 1 N–H and O–H groups in total. The van der Waals surface area contributed by atoms with Gasteiger partial charge in [-0.3, -0.25) is 10.1 Å². The van der Waals surface area contributed by atoms with Crippen LogP contribution in [0.4, 0.5) is 5.13 Å². The van der Waals surface area contributed by atoms with Crippen LogP contribution in [0.25, 0.3) is 11.3 Å². The number of nitrogens with zero attached hydrogens (tertiary/aromatic N) is 1. The average Bonchev–Trinajstić information content (AvgIpc) is 2.96. The van der Waals surface area contributed by atoms with Crippen molar-refractivity contribution in [2.45, 2.75) is 0 Å². The minimum absolute atomic E-state index is 0.170. The highest BCUT2D eigenvalue weighted by atomic mass is 79.9. The second kappa shape index (κ2) is 6.73. The monoisotopic (exact) mass is 436 g/mol. The van der Waals surface area contributed by atoms with Crippen LogP contribution in [0.3, 0.4) is 0 Å². The molecular weight excluding hydrogens is 428 g/mol. The van der Waals surface area contributed by atoms with E-state index in [9.17, 15) is 4.79 Å². The number of carbonyl (C=O) groups is 1. The van der Waals surface area contributed by atoms with E-state index < -0.39 is 0 Å². The van der Waals surface area contributed by atoms with Crippen LogP contribution < -0.4 is 5.32 Å². The maximum Gasteiger partial charge on any atom is 0.257 e. The molecule has 2 aromatic carbocycles. The molecule has 0 aliphatic heterocycles. The molecule has 0 atom stereocenters. The zero-order valence-electron chi connectivity index (χ0n) is 11.2. The van der Waals surface area contributed by atoms with Gasteiger partial charge >= 0.3 is 0 Å². The lowest BCUT2D eigenvalue weighted by molar-refractivity contribution is 0.102. The van der Waals surface area contributed by atoms with E-state index in [2.05, 4.69) is 42.2 Å². The first-order valence-electron chi connectivity index (χ1n) is 6.40. The van der Waals surface area contributed by atoms with Crippen LogP contribution >= 0.6 is 43.2 Å². The second-order valence-electron chi connectivity index (χ2n) is 4.51. The van der Waals surface area contributed by atoms with Crippen molar-refractivity contribution in [2.75, 3.05) is 5.32 Å². The van der Waals surface area contributed by atoms with Crippen LogP contribution in [0.15, 0.2) is 62.9 Å². The maximum atomic E-state index is 12.2. The summed E-state index contributed by atoms with van der Waals surface area (Å²) in [5.74, 6) is -0.170. The largest absolute Gasteiger partial charge is 0.298 e. The number of amides is 1. The second-order valence-corrected chi connectivity index (χ2v) is 7.20. The molecule has 0 saturated heterocycles. The third kappa shape index (κ3) is 3.63. The summed E-state index contributed by atoms with van der Waals surface area (Å²) in [6.45, 7) is 0. The molecule has 0 unspecified atom stereocenters. The number of halogens is 2. The van der Waals surface area contributed by atoms with Gasteiger partial charge in [-0.25, -0.2) is 4.98 Å². The lowest BCUT2D eigenvalue weighted by Gasteiger charge is -2.02. The Hall–Kier alpha value is -1.50. The number of nitrogens with one attached hydrogen (secondary N) is 1. The van der Waals surface area contributed by atoms with Gasteiger partial charge in [0.2, 0.25) is 0 Å². The van der Waals surface area contributed by atoms with Crippen LogP contribution in [0, 0.1) is 0 Å². The Balaban J connectivity index is 1.78. The van der Waals surface area contributed by atoms with Crippen LogP contribution in [0.5, 0.6) is 0 Å². The Morgan fingerprint density at radius 1 is 1.05 bits per heavy atom. The summed E-state index contributed by atoms with van der Waals surface area (Å²) in [6, 6.07) is 15.2. The molecule has 3 aromatic rings. The molecule has 1 aromatic heterocycles. The highest BCUT2D eigenvalue weighted by Crippen LogP contribution is 2.27. The predicted octanol–water partition coefficient (Wildman–Crippen LogP) is 5.59. The minimum Gasteiger partial charge on any atom is -0.298 e. The minimum atomic E-state index is -0.170. The molecule has 22 heavy (non-hydrogen) atoms. The number of carbonyl (C=O) groups excluding carboxylic acids is 1. The van der Waals surface area contributed by atoms with Crippen molar-refractivity contribution in [3.63, 3.8) is 0 Å². The molecule has 0 saturated carbocycles. The molecule has 0 aliphatic carbocycles. The fourth-order valence-corrected chi connectivity index (χ4v) is 3.42. The van der Waals surface area contributed by atoms with Gasteiger partial charge in [-0.05, 0) is 30.3 Å². The highest BCUT2D eigenvalue weighted by Gasteiger charge is 2.10. The van der Waals surface area contributed by atoms with Crippen molar-refractivity contribution in [1.82, 2.24) is 4.98 Å². The normalized spacial score (nSPS) is 10.5. The van der Waals surface area contributed by atoms with Crippen LogP contribution in [0.1, 0.15) is 10.4 Å². The van der Waals surface area contributed by atoms with Crippen molar-refractivity contribution in [1.29, 1.82) is 0 Å². The SMILES string of the molecule is O=C(Nc1nc(-c2cccc(Br)c2)cs1)c1cccc(Br)c1. The van der Waals surface area contributed by atoms with Gasteiger partial charge in [0, 0.05) is 25.5 Å². The Kier molecular flexibility index (Phi) is 4.71. The van der Waals surface area contributed by atoms with E-state index in [4.69, 9.17) is 0 Å². The third-order valence-electron chi connectivity index (χ3n) is 2.93. The molecular formula is C16H10Br2N2OS. The van der Waals surface area contributed by atoms with Crippen LogP contribution in [-0.2, 0) is 0 Å². The Morgan fingerprint density at radius 3 is 2.50 bits per heavy atom. The zero-order chi connectivity index (χ0) is 15.5. The quantitative estimate of drug-likeness (QED) is 0.580. The number of hydrogen-bond acceptors (Lipinski definition) is 3. The lowest BCUT2D eigenvalue weighted by Crippen LogP contribution is -2.11. The van der Waals surface area contributed by atoms with Crippen molar-refractivity contribution >= 4 is 54.2 Å². The van der Waals surface area contributed by atoms with E-state index in [0.717, 1.165) is 20.2 Å². The molecule has 110 valence electrons. The number of thiazole rings is 1. The van der Waals surface area contributed by atoms with Crippen LogP contribution in [-0.4, -0.2) is 10.9 Å². The van der Waals surface area contributed by atoms with Gasteiger partial charge in [0.25, 0.3) is 5.91 Å². The van der Waals surface area contributed by atoms with E-state index in [1.807, 2.05) is 41.8 Å². The smallest absolute Gasteiger partial charge is 0.257 e. The van der Waals surface area contributed by atoms with E-state index in [0.29, 0.717) is 10.7 Å². The highest BCUT2D eigenvalue weighted by molar-refractivity contribution is 9.10. The molecule has 0 spiro atoms. The van der Waals surface area contributed by atoms with Gasteiger partial charge in [-0.2, -0.15) is 0 Å². The van der Waals surface area contributed by atoms with Gasteiger partial charge in [-0.15, -0.1) is 11.3 Å². The Morgan fingerprint density at radius 2 is 1.77 bits per heavy atom. The van der Waals surface area contributed by atoms with Gasteiger partial charge in [-0.1, -0.05) is 50.1 Å². The summed E-state index contributed by atoms with van der Waals surface area (Å²) in [6.07, 6.45) is 0. The number of aromatic nitrogens is 1. The van der Waals surface area contributed by atoms with Crippen molar-refractivity contribution < 1.29 is 4.79 Å². The first-order valence-corrected chi connectivity index (χ1v) is 8.87. The number of benzene rings is 2. The zero-order valence-corrected chi connectivity index (χ0v) is 15.2. The van der Waals surface area contributed by atoms with E-state index >= 15 is 0 Å². The number of rotatable bonds is 3. The summed E-state index contributed by atoms with van der Waals surface area (Å²) in [5, 5.41) is 5.34. The van der Waals surface area contributed by atoms with E-state index in [-0.39, 0.29) is 5.91 Å². The molecule has 1 heterocycles. The molecule has 0 bridgehead atoms. The summed E-state index contributed by atoms with van der Waals surface area (Å²) in [7, 11) is 0. The summed E-state index contributed by atoms with van der Waals surface area (Å²) in [5.41, 5.74) is 2.44. The molecule has 1 amide bonds. The molecule has 0 fully saturated rings. The van der Waals surface area contributed by atoms with Crippen molar-refractivity contribution in [2.24, 2.45) is 0 Å². The van der Waals surface area contributed by atoms with Gasteiger partial charge in [0.15, 0.2) is 5.13 Å². The van der Waals surface area contributed by atoms with Crippen molar-refractivity contribution in [3.8, 4) is 11.3 Å². The maximum absolute atomic E-state index is 12.2. The summed E-state index contributed by atoms with van der Waals surface area (Å²) >= 11 is 8.21. The standard InChI is InChI=1S/C16H10Br2N2OS/c17-12-5-1-3-10(7-12)14-9-22-16(19-14)20-15(21)11-4-2-6-13(18)8-11/h1-9H,(H,19,20,21). The van der Waals surface area contributed by atoms with E-state index in [1.54, 1.807) is 12.1 Å². The third-order valence-corrected chi connectivity index (χ3v) is 4.68. The Bertz CT molecular complexity index is 832. The summed E-state index contributed by atoms with van der Waals surface area (Å²) < 4.78 is 1.87. The summed E-state index contributed by atoms with van der Waals surface area (Å²) in [4.78, 5) is 16.7. The Labute approximate surface area is 148 Å². The first-order chi connectivity index (χ1) is 10.6. The topological polar surface area (TPSA) is 42.0 Å². The number of anilines is 1. The fraction of sp³-hybridized carbons (Fsp3) is 0. The molecule has 0 radical (unpaired) electrons. The number of hydrogen-bond donors (Lipinski definition) is 1. The molecule has 6 heteroatoms. The van der Waals surface area contributed by atoms with E-state index in [1.165, 1.54) is 11.3 Å². The van der Waals surface area contributed by atoms with Gasteiger partial charge in [0.1, 0.15) is 0 Å². The molecule has 3 rings (SSSR count). The molecule has 3 nitrogen and oxygen atoms in total. The first kappa shape index (κ1) is 15.4. The lowest BCUT2D eigenvalue weighted by atomic mass is 10.2. The predicted molar refractivity (Wildman–Crippen MR) is 97.3 cm³/mol. The van der Waals surface area contributed by atoms with Gasteiger partial charge < -0.3 is 0 Å².